The monoisotopic (exact) mass is 198 g/mol. The summed E-state index contributed by atoms with van der Waals surface area (Å²) in [7, 11) is 2.21. The van der Waals surface area contributed by atoms with Gasteiger partial charge in [-0.25, -0.2) is 0 Å². The van der Waals surface area contributed by atoms with Crippen LogP contribution in [0.5, 0.6) is 0 Å². The van der Waals surface area contributed by atoms with Crippen molar-refractivity contribution in [3.8, 4) is 0 Å². The van der Waals surface area contributed by atoms with Crippen LogP contribution >= 0.6 is 0 Å². The van der Waals surface area contributed by atoms with Crippen LogP contribution in [0.2, 0.25) is 0 Å². The van der Waals surface area contributed by atoms with E-state index in [1.54, 1.807) is 0 Å². The van der Waals surface area contributed by atoms with Gasteiger partial charge in [-0.3, -0.25) is 0 Å². The number of rotatable bonds is 3. The number of nitrogens with one attached hydrogen (secondary N) is 1. The predicted molar refractivity (Wildman–Crippen MR) is 57.4 cm³/mol. The Morgan fingerprint density at radius 1 is 1.43 bits per heavy atom. The fraction of sp³-hybridized carbons (Fsp3) is 1.00. The van der Waals surface area contributed by atoms with E-state index in [-0.39, 0.29) is 0 Å². The Kier molecular flexibility index (Phi) is 3.42. The number of hydrogen-bond acceptors (Lipinski definition) is 3. The van der Waals surface area contributed by atoms with Crippen molar-refractivity contribution in [3.05, 3.63) is 0 Å². The molecule has 0 aliphatic carbocycles. The molecule has 0 amide bonds. The van der Waals surface area contributed by atoms with E-state index in [9.17, 15) is 0 Å². The molecule has 0 spiro atoms. The zero-order valence-corrected chi connectivity index (χ0v) is 9.33. The zero-order chi connectivity index (χ0) is 9.97. The Morgan fingerprint density at radius 3 is 2.79 bits per heavy atom. The lowest BCUT2D eigenvalue weighted by molar-refractivity contribution is -0.0332. The van der Waals surface area contributed by atoms with E-state index in [1.807, 2.05) is 0 Å². The smallest absolute Gasteiger partial charge is 0.0528 e. The Bertz CT molecular complexity index is 182. The van der Waals surface area contributed by atoms with Crippen molar-refractivity contribution >= 4 is 0 Å². The molecule has 0 radical (unpaired) electrons. The largest absolute Gasteiger partial charge is 0.381 e. The van der Waals surface area contributed by atoms with Crippen LogP contribution in [0, 0.1) is 11.8 Å². The van der Waals surface area contributed by atoms with Crippen LogP contribution < -0.4 is 5.32 Å². The lowest BCUT2D eigenvalue weighted by Gasteiger charge is -2.37. The molecule has 2 unspecified atom stereocenters. The van der Waals surface area contributed by atoms with Gasteiger partial charge in [0, 0.05) is 25.0 Å². The highest BCUT2D eigenvalue weighted by molar-refractivity contribution is 4.82. The van der Waals surface area contributed by atoms with Crippen molar-refractivity contribution in [2.75, 3.05) is 39.9 Å². The van der Waals surface area contributed by atoms with Gasteiger partial charge in [0.15, 0.2) is 0 Å². The highest BCUT2D eigenvalue weighted by Crippen LogP contribution is 2.16. The van der Waals surface area contributed by atoms with Crippen molar-refractivity contribution in [2.45, 2.75) is 19.4 Å². The average molecular weight is 198 g/mol. The predicted octanol–water partition coefficient (Wildman–Crippen LogP) is 0.563. The maximum atomic E-state index is 5.17. The minimum absolute atomic E-state index is 0.729. The minimum atomic E-state index is 0.729. The number of hydrogen-bond donors (Lipinski definition) is 1. The molecule has 0 bridgehead atoms. The van der Waals surface area contributed by atoms with Crippen LogP contribution in [0.25, 0.3) is 0 Å². The molecule has 2 aliphatic heterocycles. The van der Waals surface area contributed by atoms with Crippen LogP contribution in [-0.2, 0) is 4.74 Å². The molecule has 3 heteroatoms. The second kappa shape index (κ2) is 4.60. The van der Waals surface area contributed by atoms with Crippen LogP contribution in [0.1, 0.15) is 13.3 Å². The summed E-state index contributed by atoms with van der Waals surface area (Å²) in [4.78, 5) is 2.43. The maximum absolute atomic E-state index is 5.17. The Morgan fingerprint density at radius 2 is 2.21 bits per heavy atom. The van der Waals surface area contributed by atoms with Gasteiger partial charge in [-0.15, -0.1) is 0 Å². The van der Waals surface area contributed by atoms with Gasteiger partial charge >= 0.3 is 0 Å². The lowest BCUT2D eigenvalue weighted by atomic mass is 9.93. The zero-order valence-electron chi connectivity index (χ0n) is 9.33. The highest BCUT2D eigenvalue weighted by Gasteiger charge is 2.25. The molecule has 2 heterocycles. The van der Waals surface area contributed by atoms with Gasteiger partial charge < -0.3 is 15.0 Å². The SMILES string of the molecule is CC1CN(C)CCC1NCC1COC1. The fourth-order valence-electron chi connectivity index (χ4n) is 2.38. The molecule has 2 saturated heterocycles. The second-order valence-corrected chi connectivity index (χ2v) is 4.95. The van der Waals surface area contributed by atoms with Gasteiger partial charge in [-0.05, 0) is 25.9 Å². The van der Waals surface area contributed by atoms with Crippen molar-refractivity contribution in [3.63, 3.8) is 0 Å². The van der Waals surface area contributed by atoms with Gasteiger partial charge in [-0.1, -0.05) is 6.92 Å². The number of nitrogens with zero attached hydrogens (tertiary/aromatic N) is 1. The normalized spacial score (nSPS) is 35.6. The molecule has 2 aliphatic rings. The summed E-state index contributed by atoms with van der Waals surface area (Å²) < 4.78 is 5.17. The van der Waals surface area contributed by atoms with Gasteiger partial charge in [0.1, 0.15) is 0 Å². The van der Waals surface area contributed by atoms with Gasteiger partial charge in [0.2, 0.25) is 0 Å². The third-order valence-electron chi connectivity index (χ3n) is 3.48. The molecule has 2 atom stereocenters. The van der Waals surface area contributed by atoms with E-state index in [0.29, 0.717) is 0 Å². The highest BCUT2D eigenvalue weighted by atomic mass is 16.5. The molecule has 0 saturated carbocycles. The van der Waals surface area contributed by atoms with E-state index < -0.39 is 0 Å². The van der Waals surface area contributed by atoms with Gasteiger partial charge in [0.05, 0.1) is 13.2 Å². The lowest BCUT2D eigenvalue weighted by Crippen LogP contribution is -2.49. The molecular weight excluding hydrogens is 176 g/mol. The summed E-state index contributed by atoms with van der Waals surface area (Å²) in [5, 5.41) is 3.69. The summed E-state index contributed by atoms with van der Waals surface area (Å²) in [5.74, 6) is 1.57. The van der Waals surface area contributed by atoms with E-state index >= 15 is 0 Å². The fourth-order valence-corrected chi connectivity index (χ4v) is 2.38. The Labute approximate surface area is 86.8 Å². The molecular formula is C11H22N2O. The third-order valence-corrected chi connectivity index (χ3v) is 3.48. The molecule has 0 aromatic heterocycles. The molecule has 0 aromatic rings. The van der Waals surface area contributed by atoms with Crippen LogP contribution in [0.15, 0.2) is 0 Å². The summed E-state index contributed by atoms with van der Waals surface area (Å²) in [6.45, 7) is 7.91. The first-order valence-corrected chi connectivity index (χ1v) is 5.75. The average Bonchev–Trinajstić information content (AvgIpc) is 2.05. The summed E-state index contributed by atoms with van der Waals surface area (Å²) in [6, 6.07) is 0.729. The Hall–Kier alpha value is -0.120. The maximum Gasteiger partial charge on any atom is 0.0528 e. The summed E-state index contributed by atoms with van der Waals surface area (Å²) in [6.07, 6.45) is 1.30. The molecule has 14 heavy (non-hydrogen) atoms. The molecule has 2 fully saturated rings. The molecule has 2 rings (SSSR count). The molecule has 0 aromatic carbocycles. The van der Waals surface area contributed by atoms with Crippen LogP contribution in [0.4, 0.5) is 0 Å². The van der Waals surface area contributed by atoms with Crippen molar-refractivity contribution in [1.82, 2.24) is 10.2 Å². The minimum Gasteiger partial charge on any atom is -0.381 e. The van der Waals surface area contributed by atoms with Gasteiger partial charge in [-0.2, -0.15) is 0 Å². The second-order valence-electron chi connectivity index (χ2n) is 4.95. The Balaban J connectivity index is 1.68. The number of likely N-dealkylation sites (tertiary alicyclic amines) is 1. The number of ether oxygens (including phenoxy) is 1. The third kappa shape index (κ3) is 2.47. The van der Waals surface area contributed by atoms with Gasteiger partial charge in [0.25, 0.3) is 0 Å². The summed E-state index contributed by atoms with van der Waals surface area (Å²) in [5.41, 5.74) is 0. The summed E-state index contributed by atoms with van der Waals surface area (Å²) >= 11 is 0. The van der Waals surface area contributed by atoms with E-state index in [0.717, 1.165) is 37.6 Å². The first-order valence-electron chi connectivity index (χ1n) is 5.75. The van der Waals surface area contributed by atoms with E-state index in [4.69, 9.17) is 4.74 Å². The molecule has 3 nitrogen and oxygen atoms in total. The molecule has 1 N–H and O–H groups in total. The quantitative estimate of drug-likeness (QED) is 0.717. The van der Waals surface area contributed by atoms with Crippen LogP contribution in [0.3, 0.4) is 0 Å². The standard InChI is InChI=1S/C11H22N2O/c1-9-6-13(2)4-3-11(9)12-5-10-7-14-8-10/h9-12H,3-8H2,1-2H3. The van der Waals surface area contributed by atoms with Crippen molar-refractivity contribution in [1.29, 1.82) is 0 Å². The van der Waals surface area contributed by atoms with Crippen molar-refractivity contribution < 1.29 is 4.74 Å². The van der Waals surface area contributed by atoms with Crippen LogP contribution in [-0.4, -0.2) is 50.8 Å². The topological polar surface area (TPSA) is 24.5 Å². The van der Waals surface area contributed by atoms with E-state index in [1.165, 1.54) is 19.5 Å². The van der Waals surface area contributed by atoms with E-state index in [2.05, 4.69) is 24.2 Å². The first kappa shape index (κ1) is 10.4. The van der Waals surface area contributed by atoms with Crippen molar-refractivity contribution in [2.24, 2.45) is 11.8 Å². The number of piperidine rings is 1. The molecule has 82 valence electrons. The first-order chi connectivity index (χ1) is 6.75.